The van der Waals surface area contributed by atoms with Crippen LogP contribution in [0.25, 0.3) is 10.4 Å². The lowest BCUT2D eigenvalue weighted by Gasteiger charge is -2.19. The minimum absolute atomic E-state index is 0.110. The van der Waals surface area contributed by atoms with Gasteiger partial charge in [-0.1, -0.05) is 5.11 Å². The van der Waals surface area contributed by atoms with Crippen LogP contribution in [0.5, 0.6) is 0 Å². The summed E-state index contributed by atoms with van der Waals surface area (Å²) < 4.78 is 5.15. The van der Waals surface area contributed by atoms with Gasteiger partial charge in [0, 0.05) is 56.8 Å². The number of azide groups is 1. The van der Waals surface area contributed by atoms with E-state index in [1.807, 2.05) is 0 Å². The predicted octanol–water partition coefficient (Wildman–Crippen LogP) is -0.122. The highest BCUT2D eigenvalue weighted by Crippen LogP contribution is 2.22. The largest absolute Gasteiger partial charge is 0.381 e. The van der Waals surface area contributed by atoms with E-state index in [1.165, 1.54) is 0 Å². The number of unbranched alkanes of at least 4 members (excludes halogenated alkanes) is 1. The van der Waals surface area contributed by atoms with Crippen LogP contribution in [0.15, 0.2) is 5.11 Å². The minimum Gasteiger partial charge on any atom is -0.381 e. The van der Waals surface area contributed by atoms with Crippen LogP contribution in [0.4, 0.5) is 0 Å². The second kappa shape index (κ2) is 17.5. The van der Waals surface area contributed by atoms with Crippen molar-refractivity contribution < 1.29 is 28.7 Å². The molecule has 0 radical (unpaired) electrons. The maximum absolute atomic E-state index is 12.0. The molecular formula is C21H35N7O6. The number of carbonyl (C=O) groups is 5. The molecule has 1 saturated carbocycles. The molecular weight excluding hydrogens is 446 g/mol. The van der Waals surface area contributed by atoms with Gasteiger partial charge in [0.2, 0.25) is 17.7 Å². The molecule has 0 saturated heterocycles. The fourth-order valence-electron chi connectivity index (χ4n) is 3.33. The summed E-state index contributed by atoms with van der Waals surface area (Å²) in [6, 6.07) is -0.679. The van der Waals surface area contributed by atoms with Crippen molar-refractivity contribution in [2.75, 3.05) is 39.4 Å². The second-order valence-electron chi connectivity index (χ2n) is 8.07. The highest BCUT2D eigenvalue weighted by atomic mass is 16.5. The van der Waals surface area contributed by atoms with Crippen LogP contribution in [0, 0.1) is 5.92 Å². The molecule has 0 spiro atoms. The molecule has 2 unspecified atom stereocenters. The number of carbonyl (C=O) groups excluding carboxylic acids is 5. The first kappa shape index (κ1) is 29.0. The highest BCUT2D eigenvalue weighted by molar-refractivity contribution is 6.37. The highest BCUT2D eigenvalue weighted by Gasteiger charge is 2.27. The molecule has 0 bridgehead atoms. The molecule has 1 aliphatic carbocycles. The van der Waals surface area contributed by atoms with E-state index < -0.39 is 11.8 Å². The average Bonchev–Trinajstić information content (AvgIpc) is 2.81. The van der Waals surface area contributed by atoms with Crippen molar-refractivity contribution in [1.29, 1.82) is 0 Å². The third-order valence-electron chi connectivity index (χ3n) is 5.26. The summed E-state index contributed by atoms with van der Waals surface area (Å²) in [6.07, 6.45) is 3.07. The van der Waals surface area contributed by atoms with Crippen molar-refractivity contribution in [2.24, 2.45) is 16.8 Å². The molecule has 0 aromatic carbocycles. The molecule has 34 heavy (non-hydrogen) atoms. The molecule has 0 heterocycles. The third kappa shape index (κ3) is 13.5. The Morgan fingerprint density at radius 1 is 1.06 bits per heavy atom. The number of amides is 3. The Kier molecular flexibility index (Phi) is 14.9. The molecule has 13 heteroatoms. The zero-order valence-corrected chi connectivity index (χ0v) is 19.4. The number of rotatable bonds is 17. The predicted molar refractivity (Wildman–Crippen MR) is 122 cm³/mol. The monoisotopic (exact) mass is 481 g/mol. The summed E-state index contributed by atoms with van der Waals surface area (Å²) in [5, 5.41) is 11.4. The fraction of sp³-hybridized carbons (Fsp3) is 0.762. The van der Waals surface area contributed by atoms with Gasteiger partial charge in [-0.2, -0.15) is 0 Å². The van der Waals surface area contributed by atoms with Crippen LogP contribution in [0.1, 0.15) is 51.4 Å². The summed E-state index contributed by atoms with van der Waals surface area (Å²) in [5.74, 6) is -1.54. The van der Waals surface area contributed by atoms with Crippen molar-refractivity contribution in [3.63, 3.8) is 0 Å². The van der Waals surface area contributed by atoms with Crippen LogP contribution in [0.2, 0.25) is 0 Å². The Morgan fingerprint density at radius 3 is 2.53 bits per heavy atom. The number of nitrogens with one attached hydrogen (secondary N) is 3. The van der Waals surface area contributed by atoms with Crippen molar-refractivity contribution in [2.45, 2.75) is 57.4 Å². The van der Waals surface area contributed by atoms with Gasteiger partial charge in [0.15, 0.2) is 11.6 Å². The van der Waals surface area contributed by atoms with Gasteiger partial charge in [0.25, 0.3) is 0 Å². The zero-order valence-electron chi connectivity index (χ0n) is 19.4. The second-order valence-corrected chi connectivity index (χ2v) is 8.07. The van der Waals surface area contributed by atoms with Gasteiger partial charge in [0.05, 0.1) is 19.3 Å². The number of nitrogens with zero attached hydrogens (tertiary/aromatic N) is 3. The molecule has 0 aromatic rings. The summed E-state index contributed by atoms with van der Waals surface area (Å²) >= 11 is 0. The van der Waals surface area contributed by atoms with E-state index in [2.05, 4.69) is 26.0 Å². The summed E-state index contributed by atoms with van der Waals surface area (Å²) in [5.41, 5.74) is 14.0. The minimum atomic E-state index is -0.679. The number of Topliss-reactive ketones (excluding diaryl/α,β-unsaturated/α-hetero) is 2. The van der Waals surface area contributed by atoms with E-state index in [0.29, 0.717) is 32.2 Å². The number of hydrogen-bond donors (Lipinski definition) is 4. The Labute approximate surface area is 198 Å². The Hall–Kier alpha value is -3.02. The lowest BCUT2D eigenvalue weighted by atomic mass is 9.85. The van der Waals surface area contributed by atoms with Crippen LogP contribution in [-0.4, -0.2) is 74.7 Å². The third-order valence-corrected chi connectivity index (χ3v) is 5.26. The van der Waals surface area contributed by atoms with Gasteiger partial charge in [-0.25, -0.2) is 0 Å². The Balaban J connectivity index is 2.00. The van der Waals surface area contributed by atoms with E-state index in [0.717, 1.165) is 0 Å². The number of hydrogen-bond acceptors (Lipinski definition) is 8. The molecule has 5 N–H and O–H groups in total. The summed E-state index contributed by atoms with van der Waals surface area (Å²) in [7, 11) is 0. The maximum Gasteiger partial charge on any atom is 0.236 e. The lowest BCUT2D eigenvalue weighted by Crippen LogP contribution is -2.43. The van der Waals surface area contributed by atoms with Crippen LogP contribution < -0.4 is 21.7 Å². The molecule has 1 aliphatic rings. The standard InChI is InChI=1S/C21H35N7O6/c22-16(3-1-2-7-24-19(31)6-11-34-12-10-27-28-23)21(33)26-9-8-25-20(32)14-15-4-5-17(29)18(30)13-15/h15-16H,1-14,22H2,(H,24,31)(H,25,32)(H,26,33). The quantitative estimate of drug-likeness (QED) is 0.0727. The first-order valence-corrected chi connectivity index (χ1v) is 11.5. The first-order chi connectivity index (χ1) is 16.3. The Morgan fingerprint density at radius 2 is 1.79 bits per heavy atom. The maximum atomic E-state index is 12.0. The van der Waals surface area contributed by atoms with E-state index in [9.17, 15) is 24.0 Å². The molecule has 1 rings (SSSR count). The van der Waals surface area contributed by atoms with Gasteiger partial charge in [-0.05, 0) is 37.1 Å². The van der Waals surface area contributed by atoms with Gasteiger partial charge in [-0.3, -0.25) is 24.0 Å². The van der Waals surface area contributed by atoms with Crippen LogP contribution >= 0.6 is 0 Å². The van der Waals surface area contributed by atoms with Crippen LogP contribution in [-0.2, 0) is 28.7 Å². The normalized spacial score (nSPS) is 16.3. The SMILES string of the molecule is [N-]=[N+]=NCCOCCC(=O)NCCCCC(N)C(=O)NCCNC(=O)CC1CCC(=O)C(=O)C1. The van der Waals surface area contributed by atoms with Crippen molar-refractivity contribution in [3.05, 3.63) is 10.4 Å². The fourth-order valence-corrected chi connectivity index (χ4v) is 3.33. The van der Waals surface area contributed by atoms with Gasteiger partial charge in [0.1, 0.15) is 0 Å². The van der Waals surface area contributed by atoms with Gasteiger partial charge < -0.3 is 26.4 Å². The molecule has 0 aliphatic heterocycles. The molecule has 2 atom stereocenters. The Bertz CT molecular complexity index is 754. The number of nitrogens with two attached hydrogens (primary N) is 1. The summed E-state index contributed by atoms with van der Waals surface area (Å²) in [4.78, 5) is 60.9. The van der Waals surface area contributed by atoms with Crippen LogP contribution in [0.3, 0.4) is 0 Å². The topological polar surface area (TPSA) is 205 Å². The number of ether oxygens (including phenoxy) is 1. The summed E-state index contributed by atoms with van der Waals surface area (Å²) in [6.45, 7) is 1.71. The average molecular weight is 482 g/mol. The molecule has 0 aromatic heterocycles. The van der Waals surface area contributed by atoms with Crippen molar-refractivity contribution in [1.82, 2.24) is 16.0 Å². The number of ketones is 2. The molecule has 3 amide bonds. The van der Waals surface area contributed by atoms with Gasteiger partial charge in [-0.15, -0.1) is 0 Å². The van der Waals surface area contributed by atoms with E-state index in [4.69, 9.17) is 16.0 Å². The van der Waals surface area contributed by atoms with Crippen molar-refractivity contribution in [3.8, 4) is 0 Å². The lowest BCUT2D eigenvalue weighted by molar-refractivity contribution is -0.139. The van der Waals surface area contributed by atoms with Gasteiger partial charge >= 0.3 is 0 Å². The first-order valence-electron chi connectivity index (χ1n) is 11.5. The molecule has 13 nitrogen and oxygen atoms in total. The van der Waals surface area contributed by atoms with Crippen molar-refractivity contribution >= 4 is 29.3 Å². The molecule has 190 valence electrons. The van der Waals surface area contributed by atoms with E-state index in [-0.39, 0.29) is 88.0 Å². The zero-order chi connectivity index (χ0) is 25.2. The van der Waals surface area contributed by atoms with E-state index >= 15 is 0 Å². The smallest absolute Gasteiger partial charge is 0.236 e. The van der Waals surface area contributed by atoms with E-state index in [1.54, 1.807) is 0 Å². The molecule has 1 fully saturated rings.